The van der Waals surface area contributed by atoms with Gasteiger partial charge in [-0.15, -0.1) is 0 Å². The van der Waals surface area contributed by atoms with E-state index in [1.165, 1.54) is 10.8 Å². The molecule has 0 heterocycles. The fourth-order valence-corrected chi connectivity index (χ4v) is 3.06. The second-order valence-corrected chi connectivity index (χ2v) is 6.21. The molecule has 4 aromatic carbocycles. The van der Waals surface area contributed by atoms with Crippen LogP contribution in [0.4, 0.5) is 0 Å². The number of fused-ring (bicyclic) bond motifs is 1. The van der Waals surface area contributed by atoms with Gasteiger partial charge in [0.15, 0.2) is 6.29 Å². The second-order valence-electron chi connectivity index (χ2n) is 6.21. The molecule has 0 saturated heterocycles. The first-order chi connectivity index (χ1) is 12.8. The Labute approximate surface area is 152 Å². The Morgan fingerprint density at radius 3 is 2.19 bits per heavy atom. The molecular weight excluding hydrogens is 320 g/mol. The summed E-state index contributed by atoms with van der Waals surface area (Å²) in [5.74, 6) is 0.605. The molecule has 0 N–H and O–H groups in total. The van der Waals surface area contributed by atoms with Crippen molar-refractivity contribution in [2.24, 2.45) is 0 Å². The topological polar surface area (TPSA) is 26.3 Å². The van der Waals surface area contributed by atoms with Gasteiger partial charge in [-0.25, -0.2) is 0 Å². The van der Waals surface area contributed by atoms with Crippen LogP contribution in [0.1, 0.15) is 15.9 Å². The Morgan fingerprint density at radius 1 is 0.692 bits per heavy atom. The lowest BCUT2D eigenvalue weighted by molar-refractivity contribution is 0.111. The highest BCUT2D eigenvalue weighted by Gasteiger charge is 2.07. The third-order valence-corrected chi connectivity index (χ3v) is 4.46. The molecule has 0 aromatic heterocycles. The van der Waals surface area contributed by atoms with Crippen LogP contribution in [0.25, 0.3) is 21.9 Å². The second kappa shape index (κ2) is 7.24. The molecule has 0 radical (unpaired) electrons. The van der Waals surface area contributed by atoms with Crippen LogP contribution < -0.4 is 4.74 Å². The average molecular weight is 338 g/mol. The van der Waals surface area contributed by atoms with Gasteiger partial charge in [-0.05, 0) is 45.7 Å². The fraction of sp³-hybridized carbons (Fsp3) is 0.0417. The van der Waals surface area contributed by atoms with Crippen molar-refractivity contribution in [3.63, 3.8) is 0 Å². The molecule has 2 heteroatoms. The van der Waals surface area contributed by atoms with Crippen molar-refractivity contribution in [1.29, 1.82) is 0 Å². The largest absolute Gasteiger partial charge is 0.488 e. The van der Waals surface area contributed by atoms with E-state index in [4.69, 9.17) is 4.74 Å². The Kier molecular flexibility index (Phi) is 4.48. The summed E-state index contributed by atoms with van der Waals surface area (Å²) in [5, 5.41) is 2.39. The number of benzene rings is 4. The first kappa shape index (κ1) is 16.1. The van der Waals surface area contributed by atoms with Gasteiger partial charge in [-0.1, -0.05) is 72.8 Å². The molecule has 2 nitrogen and oxygen atoms in total. The van der Waals surface area contributed by atoms with Crippen molar-refractivity contribution in [1.82, 2.24) is 0 Å². The number of carbonyl (C=O) groups excluding carboxylic acids is 1. The van der Waals surface area contributed by atoms with E-state index in [2.05, 4.69) is 30.3 Å². The lowest BCUT2D eigenvalue weighted by atomic mass is 9.99. The summed E-state index contributed by atoms with van der Waals surface area (Å²) in [6.07, 6.45) is 0.852. The summed E-state index contributed by atoms with van der Waals surface area (Å²) in [5.41, 5.74) is 3.72. The minimum absolute atomic E-state index is 0.441. The van der Waals surface area contributed by atoms with Crippen molar-refractivity contribution in [2.75, 3.05) is 0 Å². The molecule has 0 atom stereocenters. The number of hydrogen-bond acceptors (Lipinski definition) is 2. The fourth-order valence-electron chi connectivity index (χ4n) is 3.06. The van der Waals surface area contributed by atoms with Gasteiger partial charge in [-0.2, -0.15) is 0 Å². The molecule has 4 rings (SSSR count). The van der Waals surface area contributed by atoms with E-state index in [1.54, 1.807) is 0 Å². The number of rotatable bonds is 5. The molecular formula is C24H18O2. The van der Waals surface area contributed by atoms with Gasteiger partial charge in [0.05, 0.1) is 5.56 Å². The van der Waals surface area contributed by atoms with Crippen LogP contribution in [0, 0.1) is 0 Å². The highest BCUT2D eigenvalue weighted by Crippen LogP contribution is 2.28. The molecule has 0 spiro atoms. The zero-order valence-electron chi connectivity index (χ0n) is 14.3. The van der Waals surface area contributed by atoms with Crippen LogP contribution in [-0.2, 0) is 6.61 Å². The van der Waals surface area contributed by atoms with Gasteiger partial charge in [0.1, 0.15) is 12.4 Å². The first-order valence-electron chi connectivity index (χ1n) is 8.58. The van der Waals surface area contributed by atoms with Crippen molar-refractivity contribution < 1.29 is 9.53 Å². The molecule has 0 aliphatic heterocycles. The summed E-state index contributed by atoms with van der Waals surface area (Å²) >= 11 is 0. The van der Waals surface area contributed by atoms with Crippen LogP contribution >= 0.6 is 0 Å². The summed E-state index contributed by atoms with van der Waals surface area (Å²) < 4.78 is 5.84. The zero-order valence-corrected chi connectivity index (χ0v) is 14.3. The van der Waals surface area contributed by atoms with Gasteiger partial charge in [0, 0.05) is 0 Å². The minimum atomic E-state index is 0.441. The van der Waals surface area contributed by atoms with Crippen molar-refractivity contribution in [2.45, 2.75) is 6.61 Å². The SMILES string of the molecule is O=Cc1cc(-c2ccc3ccccc3c2)ccc1OCc1ccccc1. The average Bonchev–Trinajstić information content (AvgIpc) is 2.72. The standard InChI is InChI=1S/C24H18O2/c25-16-23-15-22(21-11-10-19-8-4-5-9-20(19)14-21)12-13-24(23)26-17-18-6-2-1-3-7-18/h1-16H,17H2. The van der Waals surface area contributed by atoms with Gasteiger partial charge in [-0.3, -0.25) is 4.79 Å². The summed E-state index contributed by atoms with van der Waals surface area (Å²) in [4.78, 5) is 11.6. The number of hydrogen-bond donors (Lipinski definition) is 0. The molecule has 0 unspecified atom stereocenters. The van der Waals surface area contributed by atoms with Crippen molar-refractivity contribution in [3.05, 3.63) is 102 Å². The predicted octanol–water partition coefficient (Wildman–Crippen LogP) is 5.90. The Hall–Kier alpha value is -3.39. The molecule has 0 fully saturated rings. The predicted molar refractivity (Wildman–Crippen MR) is 106 cm³/mol. The molecule has 0 aliphatic rings. The van der Waals surface area contributed by atoms with E-state index in [1.807, 2.05) is 60.7 Å². The Bertz CT molecular complexity index is 1050. The molecule has 0 bridgehead atoms. The van der Waals surface area contributed by atoms with Crippen LogP contribution in [-0.4, -0.2) is 6.29 Å². The molecule has 0 amide bonds. The normalized spacial score (nSPS) is 10.6. The summed E-state index contributed by atoms with van der Waals surface area (Å²) in [6, 6.07) is 30.3. The number of carbonyl (C=O) groups is 1. The molecule has 4 aromatic rings. The number of aldehydes is 1. The molecule has 26 heavy (non-hydrogen) atoms. The van der Waals surface area contributed by atoms with Gasteiger partial charge < -0.3 is 4.74 Å². The minimum Gasteiger partial charge on any atom is -0.488 e. The van der Waals surface area contributed by atoms with E-state index in [0.29, 0.717) is 17.9 Å². The smallest absolute Gasteiger partial charge is 0.153 e. The van der Waals surface area contributed by atoms with Gasteiger partial charge in [0.2, 0.25) is 0 Å². The van der Waals surface area contributed by atoms with E-state index >= 15 is 0 Å². The quantitative estimate of drug-likeness (QED) is 0.424. The van der Waals surface area contributed by atoms with Crippen LogP contribution in [0.2, 0.25) is 0 Å². The van der Waals surface area contributed by atoms with Crippen LogP contribution in [0.5, 0.6) is 5.75 Å². The van der Waals surface area contributed by atoms with Crippen molar-refractivity contribution >= 4 is 17.1 Å². The summed E-state index contributed by atoms with van der Waals surface area (Å²) in [7, 11) is 0. The Morgan fingerprint density at radius 2 is 1.38 bits per heavy atom. The highest BCUT2D eigenvalue weighted by molar-refractivity contribution is 5.89. The molecule has 126 valence electrons. The summed E-state index contributed by atoms with van der Waals surface area (Å²) in [6.45, 7) is 0.441. The maximum atomic E-state index is 11.6. The van der Waals surface area contributed by atoms with Gasteiger partial charge in [0.25, 0.3) is 0 Å². The number of ether oxygens (including phenoxy) is 1. The zero-order chi connectivity index (χ0) is 17.8. The maximum absolute atomic E-state index is 11.6. The maximum Gasteiger partial charge on any atom is 0.153 e. The molecule has 0 saturated carbocycles. The first-order valence-corrected chi connectivity index (χ1v) is 8.58. The van der Waals surface area contributed by atoms with Crippen LogP contribution in [0.15, 0.2) is 91.0 Å². The van der Waals surface area contributed by atoms with E-state index in [-0.39, 0.29) is 0 Å². The lowest BCUT2D eigenvalue weighted by Crippen LogP contribution is -1.98. The van der Waals surface area contributed by atoms with E-state index < -0.39 is 0 Å². The Balaban J connectivity index is 1.62. The lowest BCUT2D eigenvalue weighted by Gasteiger charge is -2.11. The van der Waals surface area contributed by atoms with Crippen LogP contribution in [0.3, 0.4) is 0 Å². The monoisotopic (exact) mass is 338 g/mol. The molecule has 0 aliphatic carbocycles. The van der Waals surface area contributed by atoms with E-state index in [9.17, 15) is 4.79 Å². The third-order valence-electron chi connectivity index (χ3n) is 4.46. The van der Waals surface area contributed by atoms with Gasteiger partial charge >= 0.3 is 0 Å². The highest BCUT2D eigenvalue weighted by atomic mass is 16.5. The van der Waals surface area contributed by atoms with Crippen molar-refractivity contribution in [3.8, 4) is 16.9 Å². The third kappa shape index (κ3) is 3.35. The van der Waals surface area contributed by atoms with E-state index in [0.717, 1.165) is 23.0 Å².